The second kappa shape index (κ2) is 8.08. The molecule has 0 spiro atoms. The molecule has 5 rings (SSSR count). The van der Waals surface area contributed by atoms with Crippen LogP contribution in [0.25, 0.3) is 22.4 Å². The van der Waals surface area contributed by atoms with Gasteiger partial charge in [0.25, 0.3) is 5.91 Å². The van der Waals surface area contributed by atoms with Crippen molar-refractivity contribution in [2.24, 2.45) is 7.05 Å². The number of aromatic nitrogens is 4. The first-order valence-electron chi connectivity index (χ1n) is 10.6. The molecule has 0 aliphatic carbocycles. The molecule has 4 heterocycles. The Morgan fingerprint density at radius 3 is 3.00 bits per heavy atom. The molecule has 4 aromatic rings. The van der Waals surface area contributed by atoms with Gasteiger partial charge in [0.15, 0.2) is 5.69 Å². The number of rotatable bonds is 5. The molecule has 0 saturated carbocycles. The molecule has 0 bridgehead atoms. The number of carbonyl (C=O) groups excluding carboxylic acids is 1. The molecule has 9 heteroatoms. The van der Waals surface area contributed by atoms with E-state index in [2.05, 4.69) is 25.3 Å². The van der Waals surface area contributed by atoms with Crippen LogP contribution in [0.1, 0.15) is 29.5 Å². The van der Waals surface area contributed by atoms with Gasteiger partial charge in [-0.05, 0) is 37.1 Å². The smallest absolute Gasteiger partial charge is 0.277 e. The number of aryl methyl sites for hydroxylation is 2. The summed E-state index contributed by atoms with van der Waals surface area (Å²) in [4.78, 5) is 23.8. The van der Waals surface area contributed by atoms with Crippen molar-refractivity contribution in [2.45, 2.75) is 25.9 Å². The summed E-state index contributed by atoms with van der Waals surface area (Å²) in [6.07, 6.45) is 5.97. The molecular formula is C23H24N6O3. The van der Waals surface area contributed by atoms with Gasteiger partial charge < -0.3 is 19.7 Å². The highest BCUT2D eigenvalue weighted by Crippen LogP contribution is 2.34. The fourth-order valence-corrected chi connectivity index (χ4v) is 4.01. The predicted octanol–water partition coefficient (Wildman–Crippen LogP) is 3.01. The van der Waals surface area contributed by atoms with E-state index in [0.29, 0.717) is 31.1 Å². The molecule has 9 nitrogen and oxygen atoms in total. The van der Waals surface area contributed by atoms with Crippen LogP contribution in [-0.2, 0) is 13.5 Å². The average molecular weight is 432 g/mol. The lowest BCUT2D eigenvalue weighted by Crippen LogP contribution is -2.23. The maximum absolute atomic E-state index is 13.0. The van der Waals surface area contributed by atoms with E-state index >= 15 is 0 Å². The van der Waals surface area contributed by atoms with Gasteiger partial charge in [0.1, 0.15) is 6.26 Å². The highest BCUT2D eigenvalue weighted by Gasteiger charge is 2.25. The molecule has 0 radical (unpaired) electrons. The van der Waals surface area contributed by atoms with Gasteiger partial charge in [0.05, 0.1) is 29.2 Å². The summed E-state index contributed by atoms with van der Waals surface area (Å²) in [5.74, 6) is 0.00418. The lowest BCUT2D eigenvalue weighted by molar-refractivity contribution is 0.102. The summed E-state index contributed by atoms with van der Waals surface area (Å²) in [6, 6.07) is 7.60. The number of amides is 1. The Bertz CT molecular complexity index is 1290. The van der Waals surface area contributed by atoms with Crippen molar-refractivity contribution in [2.75, 3.05) is 23.3 Å². The van der Waals surface area contributed by atoms with E-state index in [1.807, 2.05) is 32.2 Å². The van der Waals surface area contributed by atoms with Crippen molar-refractivity contribution in [3.8, 4) is 11.5 Å². The molecule has 2 N–H and O–H groups in total. The molecule has 32 heavy (non-hydrogen) atoms. The van der Waals surface area contributed by atoms with Crippen LogP contribution < -0.4 is 10.2 Å². The molecular weight excluding hydrogens is 408 g/mol. The van der Waals surface area contributed by atoms with Gasteiger partial charge in [0.2, 0.25) is 5.89 Å². The number of carbonyl (C=O) groups is 1. The Kier molecular flexibility index (Phi) is 5.10. The molecule has 1 aromatic carbocycles. The monoisotopic (exact) mass is 432 g/mol. The quantitative estimate of drug-likeness (QED) is 0.499. The minimum atomic E-state index is -0.380. The van der Waals surface area contributed by atoms with Crippen LogP contribution in [0, 0.1) is 0 Å². The summed E-state index contributed by atoms with van der Waals surface area (Å²) in [5, 5.41) is 18.3. The van der Waals surface area contributed by atoms with Gasteiger partial charge in [0, 0.05) is 43.0 Å². The van der Waals surface area contributed by atoms with Crippen molar-refractivity contribution >= 4 is 28.2 Å². The number of oxazole rings is 1. The van der Waals surface area contributed by atoms with Crippen molar-refractivity contribution in [1.29, 1.82) is 0 Å². The second-order valence-electron chi connectivity index (χ2n) is 7.97. The first-order valence-corrected chi connectivity index (χ1v) is 10.6. The van der Waals surface area contributed by atoms with E-state index in [9.17, 15) is 9.90 Å². The van der Waals surface area contributed by atoms with E-state index in [-0.39, 0.29) is 17.7 Å². The maximum Gasteiger partial charge on any atom is 0.277 e. The molecule has 1 saturated heterocycles. The topological polar surface area (TPSA) is 109 Å². The Balaban J connectivity index is 1.45. The lowest BCUT2D eigenvalue weighted by atomic mass is 10.1. The highest BCUT2D eigenvalue weighted by molar-refractivity contribution is 6.06. The van der Waals surface area contributed by atoms with Crippen LogP contribution in [0.4, 0.5) is 11.4 Å². The van der Waals surface area contributed by atoms with Gasteiger partial charge in [-0.1, -0.05) is 6.92 Å². The molecule has 164 valence electrons. The number of nitrogens with one attached hydrogen (secondary N) is 1. The average Bonchev–Trinajstić information content (AvgIpc) is 3.54. The molecule has 1 amide bonds. The summed E-state index contributed by atoms with van der Waals surface area (Å²) in [6.45, 7) is 3.26. The van der Waals surface area contributed by atoms with Crippen molar-refractivity contribution in [3.63, 3.8) is 0 Å². The summed E-state index contributed by atoms with van der Waals surface area (Å²) in [7, 11) is 1.86. The number of anilines is 2. The normalized spacial score (nSPS) is 16.1. The van der Waals surface area contributed by atoms with Gasteiger partial charge in [-0.15, -0.1) is 0 Å². The second-order valence-corrected chi connectivity index (χ2v) is 7.97. The van der Waals surface area contributed by atoms with Crippen molar-refractivity contribution < 1.29 is 14.3 Å². The van der Waals surface area contributed by atoms with E-state index in [1.165, 1.54) is 6.26 Å². The van der Waals surface area contributed by atoms with Gasteiger partial charge >= 0.3 is 0 Å². The van der Waals surface area contributed by atoms with Gasteiger partial charge in [-0.25, -0.2) is 4.98 Å². The molecule has 1 fully saturated rings. The van der Waals surface area contributed by atoms with E-state index < -0.39 is 0 Å². The molecule has 1 aliphatic rings. The maximum atomic E-state index is 13.0. The molecule has 3 aromatic heterocycles. The standard InChI is InChI=1S/C23H24N6O3/c1-3-16-8-14(4-6-24-16)23-27-19(13-32-23)22(31)26-18-10-20-15(11-25-28(20)2)9-21(18)29-7-5-17(30)12-29/h4,6,8-11,13,17,30H,3,5,7,12H2,1-2H3,(H,26,31). The van der Waals surface area contributed by atoms with Crippen LogP contribution in [0.2, 0.25) is 0 Å². The minimum Gasteiger partial charge on any atom is -0.444 e. The SMILES string of the molecule is CCc1cc(-c2nc(C(=O)Nc3cc4c(cnn4C)cc3N3CCC(O)C3)co2)ccn1. The fraction of sp³-hybridized carbons (Fsp3) is 0.304. The van der Waals surface area contributed by atoms with Crippen LogP contribution in [-0.4, -0.2) is 50.0 Å². The Hall–Kier alpha value is -3.72. The first kappa shape index (κ1) is 20.2. The Labute approximate surface area is 184 Å². The summed E-state index contributed by atoms with van der Waals surface area (Å²) >= 11 is 0. The molecule has 1 aliphatic heterocycles. The number of fused-ring (bicyclic) bond motifs is 1. The van der Waals surface area contributed by atoms with Crippen LogP contribution in [0.5, 0.6) is 0 Å². The van der Waals surface area contributed by atoms with Crippen LogP contribution >= 0.6 is 0 Å². The number of nitrogens with zero attached hydrogens (tertiary/aromatic N) is 5. The van der Waals surface area contributed by atoms with Gasteiger partial charge in [-0.3, -0.25) is 14.5 Å². The number of aliphatic hydroxyl groups is 1. The zero-order chi connectivity index (χ0) is 22.2. The van der Waals surface area contributed by atoms with Crippen LogP contribution in [0.3, 0.4) is 0 Å². The number of β-amino-alcohol motifs (C(OH)–C–C–N with tert-alkyl or cyclic N) is 1. The zero-order valence-electron chi connectivity index (χ0n) is 17.9. The van der Waals surface area contributed by atoms with Crippen molar-refractivity contribution in [1.82, 2.24) is 19.7 Å². The minimum absolute atomic E-state index is 0.187. The third-order valence-corrected chi connectivity index (χ3v) is 5.78. The lowest BCUT2D eigenvalue weighted by Gasteiger charge is -2.22. The largest absolute Gasteiger partial charge is 0.444 e. The van der Waals surface area contributed by atoms with E-state index in [0.717, 1.165) is 34.3 Å². The number of aliphatic hydroxyl groups excluding tert-OH is 1. The number of pyridine rings is 1. The Morgan fingerprint density at radius 1 is 1.34 bits per heavy atom. The van der Waals surface area contributed by atoms with Gasteiger partial charge in [-0.2, -0.15) is 5.10 Å². The highest BCUT2D eigenvalue weighted by atomic mass is 16.3. The summed E-state index contributed by atoms with van der Waals surface area (Å²) < 4.78 is 7.33. The number of hydrogen-bond donors (Lipinski definition) is 2. The predicted molar refractivity (Wildman–Crippen MR) is 121 cm³/mol. The number of hydrogen-bond acceptors (Lipinski definition) is 7. The van der Waals surface area contributed by atoms with E-state index in [4.69, 9.17) is 4.42 Å². The number of benzene rings is 1. The third-order valence-electron chi connectivity index (χ3n) is 5.78. The molecule has 1 unspecified atom stereocenters. The third kappa shape index (κ3) is 3.71. The fourth-order valence-electron chi connectivity index (χ4n) is 4.01. The van der Waals surface area contributed by atoms with E-state index in [1.54, 1.807) is 23.1 Å². The summed E-state index contributed by atoms with van der Waals surface area (Å²) in [5.41, 5.74) is 4.27. The van der Waals surface area contributed by atoms with Crippen molar-refractivity contribution in [3.05, 3.63) is 54.3 Å². The Morgan fingerprint density at radius 2 is 2.22 bits per heavy atom. The molecule has 1 atom stereocenters. The first-order chi connectivity index (χ1) is 15.5. The zero-order valence-corrected chi connectivity index (χ0v) is 17.9. The van der Waals surface area contributed by atoms with Crippen LogP contribution in [0.15, 0.2) is 47.3 Å².